The zero-order valence-electron chi connectivity index (χ0n) is 7.41. The molecule has 1 aromatic rings. The summed E-state index contributed by atoms with van der Waals surface area (Å²) >= 11 is 0. The van der Waals surface area contributed by atoms with E-state index >= 15 is 0 Å². The van der Waals surface area contributed by atoms with Gasteiger partial charge in [0.25, 0.3) is 0 Å². The van der Waals surface area contributed by atoms with Crippen LogP contribution in [0.5, 0.6) is 5.88 Å². The van der Waals surface area contributed by atoms with Crippen LogP contribution in [-0.2, 0) is 11.3 Å². The van der Waals surface area contributed by atoms with Gasteiger partial charge in [0, 0.05) is 6.20 Å². The highest BCUT2D eigenvalue weighted by atomic mass is 19.3. The summed E-state index contributed by atoms with van der Waals surface area (Å²) in [6, 6.07) is 0. The molecule has 1 heterocycles. The molecule has 0 aliphatic heterocycles. The molecule has 14 heavy (non-hydrogen) atoms. The van der Waals surface area contributed by atoms with Crippen molar-refractivity contribution in [1.82, 2.24) is 9.97 Å². The predicted octanol–water partition coefficient (Wildman–Crippen LogP) is 0.807. The molecule has 0 radical (unpaired) electrons. The molecule has 0 aliphatic rings. The van der Waals surface area contributed by atoms with Gasteiger partial charge in [0.2, 0.25) is 11.8 Å². The predicted molar refractivity (Wildman–Crippen MR) is 43.8 cm³/mol. The zero-order valence-corrected chi connectivity index (χ0v) is 7.41. The van der Waals surface area contributed by atoms with Crippen molar-refractivity contribution in [3.63, 3.8) is 0 Å². The van der Waals surface area contributed by atoms with Crippen molar-refractivity contribution in [3.8, 4) is 5.88 Å². The fourth-order valence-corrected chi connectivity index (χ4v) is 0.833. The third kappa shape index (κ3) is 2.77. The summed E-state index contributed by atoms with van der Waals surface area (Å²) in [6.45, 7) is -3.15. The Bertz CT molecular complexity index is 309. The van der Waals surface area contributed by atoms with E-state index < -0.39 is 6.61 Å². The molecule has 0 spiro atoms. The van der Waals surface area contributed by atoms with E-state index in [0.717, 1.165) is 0 Å². The molecule has 0 atom stereocenters. The van der Waals surface area contributed by atoms with Crippen molar-refractivity contribution in [2.45, 2.75) is 13.2 Å². The van der Waals surface area contributed by atoms with Crippen molar-refractivity contribution >= 4 is 5.95 Å². The summed E-state index contributed by atoms with van der Waals surface area (Å²) in [7, 11) is 1.35. The van der Waals surface area contributed by atoms with E-state index in [9.17, 15) is 8.78 Å². The molecule has 1 aromatic heterocycles. The fraction of sp³-hybridized carbons (Fsp3) is 0.429. The third-order valence-corrected chi connectivity index (χ3v) is 1.40. The first-order valence-electron chi connectivity index (χ1n) is 3.68. The lowest BCUT2D eigenvalue weighted by Gasteiger charge is -2.07. The summed E-state index contributed by atoms with van der Waals surface area (Å²) in [6.07, 6.45) is 1.28. The standard InChI is InChI=1S/C7H9F2N3O2/c1-13-5-4(3-14-6(8)9)2-11-7(10)12-5/h2,6H,3H2,1H3,(H2,10,11,12). The maximum absolute atomic E-state index is 11.7. The van der Waals surface area contributed by atoms with Crippen LogP contribution in [0.25, 0.3) is 0 Å². The zero-order chi connectivity index (χ0) is 10.6. The number of nitrogens with zero attached hydrogens (tertiary/aromatic N) is 2. The highest BCUT2D eigenvalue weighted by Gasteiger charge is 2.09. The van der Waals surface area contributed by atoms with E-state index in [1.165, 1.54) is 13.3 Å². The van der Waals surface area contributed by atoms with Crippen LogP contribution in [0.15, 0.2) is 6.20 Å². The molecule has 5 nitrogen and oxygen atoms in total. The normalized spacial score (nSPS) is 10.6. The average molecular weight is 205 g/mol. The van der Waals surface area contributed by atoms with Gasteiger partial charge < -0.3 is 15.2 Å². The topological polar surface area (TPSA) is 70.3 Å². The van der Waals surface area contributed by atoms with Gasteiger partial charge >= 0.3 is 6.61 Å². The first-order valence-corrected chi connectivity index (χ1v) is 3.68. The smallest absolute Gasteiger partial charge is 0.345 e. The monoisotopic (exact) mass is 205 g/mol. The summed E-state index contributed by atoms with van der Waals surface area (Å²) in [4.78, 5) is 7.32. The van der Waals surface area contributed by atoms with Crippen LogP contribution in [0.1, 0.15) is 5.56 Å². The maximum Gasteiger partial charge on any atom is 0.345 e. The first-order chi connectivity index (χ1) is 6.63. The molecule has 0 saturated carbocycles. The van der Waals surface area contributed by atoms with Gasteiger partial charge in [-0.2, -0.15) is 13.8 Å². The summed E-state index contributed by atoms with van der Waals surface area (Å²) in [5.41, 5.74) is 5.59. The summed E-state index contributed by atoms with van der Waals surface area (Å²) < 4.78 is 32.3. The van der Waals surface area contributed by atoms with E-state index in [2.05, 4.69) is 14.7 Å². The molecule has 7 heteroatoms. The first kappa shape index (κ1) is 10.6. The Hall–Kier alpha value is -1.50. The van der Waals surface area contributed by atoms with Crippen LogP contribution in [0, 0.1) is 0 Å². The minimum absolute atomic E-state index is 0.0163. The summed E-state index contributed by atoms with van der Waals surface area (Å²) in [5, 5.41) is 0. The number of nitrogens with two attached hydrogens (primary N) is 1. The summed E-state index contributed by atoms with van der Waals surface area (Å²) in [5.74, 6) is 0.154. The lowest BCUT2D eigenvalue weighted by atomic mass is 10.3. The van der Waals surface area contributed by atoms with Gasteiger partial charge in [0.05, 0.1) is 19.3 Å². The number of hydrogen-bond donors (Lipinski definition) is 1. The molecular formula is C7H9F2N3O2. The highest BCUT2D eigenvalue weighted by Crippen LogP contribution is 2.16. The Labute approximate surface area is 78.9 Å². The van der Waals surface area contributed by atoms with Gasteiger partial charge in [-0.05, 0) is 0 Å². The van der Waals surface area contributed by atoms with Crippen molar-refractivity contribution in [2.75, 3.05) is 12.8 Å². The average Bonchev–Trinajstić information content (AvgIpc) is 2.15. The number of rotatable bonds is 4. The van der Waals surface area contributed by atoms with Gasteiger partial charge in [-0.1, -0.05) is 0 Å². The van der Waals surface area contributed by atoms with Gasteiger partial charge in [0.1, 0.15) is 0 Å². The van der Waals surface area contributed by atoms with Gasteiger partial charge in [-0.3, -0.25) is 0 Å². The largest absolute Gasteiger partial charge is 0.481 e. The molecule has 0 unspecified atom stereocenters. The lowest BCUT2D eigenvalue weighted by Crippen LogP contribution is -2.05. The van der Waals surface area contributed by atoms with E-state index in [1.54, 1.807) is 0 Å². The molecule has 1 rings (SSSR count). The van der Waals surface area contributed by atoms with Crippen LogP contribution in [0.2, 0.25) is 0 Å². The molecule has 2 N–H and O–H groups in total. The van der Waals surface area contributed by atoms with E-state index in [1.807, 2.05) is 0 Å². The highest BCUT2D eigenvalue weighted by molar-refractivity contribution is 5.29. The number of anilines is 1. The van der Waals surface area contributed by atoms with Crippen molar-refractivity contribution in [2.24, 2.45) is 0 Å². The fourth-order valence-electron chi connectivity index (χ4n) is 0.833. The Morgan fingerprint density at radius 3 is 2.86 bits per heavy atom. The van der Waals surface area contributed by atoms with Crippen molar-refractivity contribution in [3.05, 3.63) is 11.8 Å². The molecule has 0 bridgehead atoms. The van der Waals surface area contributed by atoms with E-state index in [0.29, 0.717) is 5.56 Å². The number of aromatic nitrogens is 2. The van der Waals surface area contributed by atoms with Crippen LogP contribution >= 0.6 is 0 Å². The third-order valence-electron chi connectivity index (χ3n) is 1.40. The van der Waals surface area contributed by atoms with Gasteiger partial charge in [-0.15, -0.1) is 0 Å². The number of methoxy groups -OCH3 is 1. The quantitative estimate of drug-likeness (QED) is 0.787. The minimum Gasteiger partial charge on any atom is -0.481 e. The molecule has 0 aromatic carbocycles. The molecular weight excluding hydrogens is 196 g/mol. The number of halogens is 2. The Morgan fingerprint density at radius 1 is 1.57 bits per heavy atom. The molecule has 0 saturated heterocycles. The van der Waals surface area contributed by atoms with Crippen molar-refractivity contribution in [1.29, 1.82) is 0 Å². The van der Waals surface area contributed by atoms with Crippen LogP contribution < -0.4 is 10.5 Å². The molecule has 0 fully saturated rings. The molecule has 0 amide bonds. The molecule has 78 valence electrons. The second kappa shape index (κ2) is 4.66. The second-order valence-electron chi connectivity index (χ2n) is 2.33. The Balaban J connectivity index is 2.75. The van der Waals surface area contributed by atoms with Gasteiger partial charge in [0.15, 0.2) is 0 Å². The Kier molecular flexibility index (Phi) is 3.52. The van der Waals surface area contributed by atoms with E-state index in [-0.39, 0.29) is 18.4 Å². The molecule has 0 aliphatic carbocycles. The van der Waals surface area contributed by atoms with Crippen LogP contribution in [0.4, 0.5) is 14.7 Å². The van der Waals surface area contributed by atoms with Crippen molar-refractivity contribution < 1.29 is 18.3 Å². The Morgan fingerprint density at radius 2 is 2.29 bits per heavy atom. The van der Waals surface area contributed by atoms with E-state index in [4.69, 9.17) is 10.5 Å². The minimum atomic E-state index is -2.84. The number of ether oxygens (including phenoxy) is 2. The van der Waals surface area contributed by atoms with Gasteiger partial charge in [-0.25, -0.2) is 4.98 Å². The number of hydrogen-bond acceptors (Lipinski definition) is 5. The second-order valence-corrected chi connectivity index (χ2v) is 2.33. The lowest BCUT2D eigenvalue weighted by molar-refractivity contribution is -0.137. The number of nitrogen functional groups attached to an aromatic ring is 1. The number of alkyl halides is 2. The van der Waals surface area contributed by atoms with Crippen LogP contribution in [-0.4, -0.2) is 23.7 Å². The van der Waals surface area contributed by atoms with Crippen LogP contribution in [0.3, 0.4) is 0 Å². The maximum atomic E-state index is 11.7. The SMILES string of the molecule is COc1nc(N)ncc1COC(F)F.